The summed E-state index contributed by atoms with van der Waals surface area (Å²) in [5.41, 5.74) is 3.22. The van der Waals surface area contributed by atoms with E-state index in [-0.39, 0.29) is 5.91 Å². The molecule has 150 valence electrons. The maximum Gasteiger partial charge on any atom is 0.274 e. The number of aromatic nitrogens is 6. The van der Waals surface area contributed by atoms with Crippen molar-refractivity contribution in [2.75, 3.05) is 31.1 Å². The van der Waals surface area contributed by atoms with Gasteiger partial charge in [0.25, 0.3) is 5.91 Å². The third-order valence-electron chi connectivity index (χ3n) is 5.20. The van der Waals surface area contributed by atoms with Gasteiger partial charge in [0.1, 0.15) is 29.5 Å². The molecule has 0 aliphatic carbocycles. The number of imidazole rings is 1. The highest BCUT2D eigenvalue weighted by Crippen LogP contribution is 2.20. The Morgan fingerprint density at radius 1 is 0.897 bits per heavy atom. The molecule has 0 aromatic carbocycles. The summed E-state index contributed by atoms with van der Waals surface area (Å²) in [6.45, 7) is 10.4. The van der Waals surface area contributed by atoms with Crippen LogP contribution in [0.3, 0.4) is 0 Å². The molecule has 1 saturated heterocycles. The van der Waals surface area contributed by atoms with Crippen molar-refractivity contribution in [2.45, 2.75) is 27.7 Å². The van der Waals surface area contributed by atoms with E-state index in [0.29, 0.717) is 37.7 Å². The van der Waals surface area contributed by atoms with Gasteiger partial charge >= 0.3 is 0 Å². The van der Waals surface area contributed by atoms with E-state index in [1.165, 1.54) is 0 Å². The van der Waals surface area contributed by atoms with Crippen LogP contribution in [0.4, 0.5) is 5.82 Å². The van der Waals surface area contributed by atoms with Gasteiger partial charge in [-0.15, -0.1) is 0 Å². The van der Waals surface area contributed by atoms with Crippen LogP contribution >= 0.6 is 0 Å². The molecular weight excluding hydrogens is 368 g/mol. The molecule has 3 aromatic heterocycles. The number of nitrogens with zero attached hydrogens (tertiary/aromatic N) is 8. The van der Waals surface area contributed by atoms with Gasteiger partial charge in [0.15, 0.2) is 0 Å². The molecule has 0 atom stereocenters. The number of carbonyl (C=O) groups excluding carboxylic acids is 1. The van der Waals surface area contributed by atoms with E-state index < -0.39 is 0 Å². The number of hydrogen-bond acceptors (Lipinski definition) is 7. The average Bonchev–Trinajstić information content (AvgIpc) is 3.06. The number of carbonyl (C=O) groups is 1. The second kappa shape index (κ2) is 7.57. The fourth-order valence-corrected chi connectivity index (χ4v) is 3.36. The molecule has 9 nitrogen and oxygen atoms in total. The number of hydrogen-bond donors (Lipinski definition) is 0. The number of amides is 1. The SMILES string of the molecule is Cc1cnc(C(=O)N2CCN(c3cc(-n4cnc(C)c4C)nc(C)n3)CC2)cn1. The highest BCUT2D eigenvalue weighted by atomic mass is 16.2. The quantitative estimate of drug-likeness (QED) is 0.669. The van der Waals surface area contributed by atoms with Gasteiger partial charge in [-0.3, -0.25) is 14.3 Å². The van der Waals surface area contributed by atoms with Crippen LogP contribution in [0, 0.1) is 27.7 Å². The van der Waals surface area contributed by atoms with Crippen LogP contribution in [0.2, 0.25) is 0 Å². The predicted molar refractivity (Wildman–Crippen MR) is 108 cm³/mol. The van der Waals surface area contributed by atoms with Crippen molar-refractivity contribution in [1.29, 1.82) is 0 Å². The van der Waals surface area contributed by atoms with Crippen molar-refractivity contribution in [2.24, 2.45) is 0 Å². The lowest BCUT2D eigenvalue weighted by atomic mass is 10.2. The molecular formula is C20H24N8O. The molecule has 0 bridgehead atoms. The summed E-state index contributed by atoms with van der Waals surface area (Å²) in [7, 11) is 0. The molecule has 0 radical (unpaired) electrons. The zero-order chi connectivity index (χ0) is 20.5. The minimum absolute atomic E-state index is 0.0822. The summed E-state index contributed by atoms with van der Waals surface area (Å²) in [6, 6.07) is 1.98. The minimum atomic E-state index is -0.0822. The predicted octanol–water partition coefficient (Wildman–Crippen LogP) is 1.65. The topological polar surface area (TPSA) is 92.9 Å². The summed E-state index contributed by atoms with van der Waals surface area (Å²) < 4.78 is 1.98. The minimum Gasteiger partial charge on any atom is -0.353 e. The van der Waals surface area contributed by atoms with Crippen molar-refractivity contribution in [1.82, 2.24) is 34.4 Å². The molecule has 1 aliphatic heterocycles. The Labute approximate surface area is 169 Å². The third kappa shape index (κ3) is 3.80. The van der Waals surface area contributed by atoms with Crippen LogP contribution < -0.4 is 4.90 Å². The van der Waals surface area contributed by atoms with Crippen LogP contribution in [0.25, 0.3) is 5.82 Å². The van der Waals surface area contributed by atoms with Crippen molar-refractivity contribution in [3.05, 3.63) is 53.4 Å². The van der Waals surface area contributed by atoms with Gasteiger partial charge in [-0.25, -0.2) is 19.9 Å². The Kier molecular flexibility index (Phi) is 4.96. The monoisotopic (exact) mass is 392 g/mol. The van der Waals surface area contributed by atoms with Gasteiger partial charge in [-0.05, 0) is 27.7 Å². The molecule has 29 heavy (non-hydrogen) atoms. The fraction of sp³-hybridized carbons (Fsp3) is 0.400. The van der Waals surface area contributed by atoms with Crippen LogP contribution in [0.15, 0.2) is 24.8 Å². The number of anilines is 1. The fourth-order valence-electron chi connectivity index (χ4n) is 3.36. The Bertz CT molecular complexity index is 1040. The summed E-state index contributed by atoms with van der Waals surface area (Å²) in [5.74, 6) is 2.29. The summed E-state index contributed by atoms with van der Waals surface area (Å²) >= 11 is 0. The number of rotatable bonds is 3. The van der Waals surface area contributed by atoms with Crippen molar-refractivity contribution in [3.63, 3.8) is 0 Å². The van der Waals surface area contributed by atoms with Crippen LogP contribution in [0.5, 0.6) is 0 Å². The zero-order valence-corrected chi connectivity index (χ0v) is 17.1. The molecule has 0 N–H and O–H groups in total. The van der Waals surface area contributed by atoms with Gasteiger partial charge < -0.3 is 9.80 Å². The second-order valence-corrected chi connectivity index (χ2v) is 7.24. The summed E-state index contributed by atoms with van der Waals surface area (Å²) in [6.07, 6.45) is 4.95. The van der Waals surface area contributed by atoms with Crippen LogP contribution in [-0.2, 0) is 0 Å². The van der Waals surface area contributed by atoms with Crippen molar-refractivity contribution < 1.29 is 4.79 Å². The Balaban J connectivity index is 1.49. The highest BCUT2D eigenvalue weighted by molar-refractivity contribution is 5.92. The molecule has 1 aliphatic rings. The van der Waals surface area contributed by atoms with E-state index in [0.717, 1.165) is 28.7 Å². The van der Waals surface area contributed by atoms with Gasteiger partial charge in [0.05, 0.1) is 17.6 Å². The Morgan fingerprint density at radius 3 is 2.24 bits per heavy atom. The largest absolute Gasteiger partial charge is 0.353 e. The van der Waals surface area contributed by atoms with Gasteiger partial charge in [-0.2, -0.15) is 0 Å². The lowest BCUT2D eigenvalue weighted by Gasteiger charge is -2.35. The smallest absolute Gasteiger partial charge is 0.274 e. The summed E-state index contributed by atoms with van der Waals surface area (Å²) in [4.78, 5) is 38.6. The first-order valence-electron chi connectivity index (χ1n) is 9.62. The maximum absolute atomic E-state index is 12.7. The maximum atomic E-state index is 12.7. The molecule has 4 rings (SSSR count). The highest BCUT2D eigenvalue weighted by Gasteiger charge is 2.24. The molecule has 9 heteroatoms. The zero-order valence-electron chi connectivity index (χ0n) is 17.1. The molecule has 3 aromatic rings. The van der Waals surface area contributed by atoms with E-state index in [9.17, 15) is 4.79 Å². The lowest BCUT2D eigenvalue weighted by molar-refractivity contribution is 0.0740. The van der Waals surface area contributed by atoms with Gasteiger partial charge in [-0.1, -0.05) is 0 Å². The van der Waals surface area contributed by atoms with E-state index in [2.05, 4.69) is 29.8 Å². The van der Waals surface area contributed by atoms with Crippen LogP contribution in [0.1, 0.15) is 33.4 Å². The van der Waals surface area contributed by atoms with Gasteiger partial charge in [0, 0.05) is 44.1 Å². The van der Waals surface area contributed by atoms with E-state index in [1.54, 1.807) is 18.7 Å². The first-order valence-corrected chi connectivity index (χ1v) is 9.62. The lowest BCUT2D eigenvalue weighted by Crippen LogP contribution is -2.49. The van der Waals surface area contributed by atoms with E-state index >= 15 is 0 Å². The molecule has 4 heterocycles. The number of piperazine rings is 1. The first-order chi connectivity index (χ1) is 13.9. The Morgan fingerprint density at radius 2 is 1.62 bits per heavy atom. The summed E-state index contributed by atoms with van der Waals surface area (Å²) in [5, 5.41) is 0. The molecule has 1 fully saturated rings. The molecule has 0 spiro atoms. The third-order valence-corrected chi connectivity index (χ3v) is 5.20. The molecule has 0 saturated carbocycles. The van der Waals surface area contributed by atoms with Crippen LogP contribution in [-0.4, -0.2) is 66.5 Å². The van der Waals surface area contributed by atoms with E-state index in [4.69, 9.17) is 0 Å². The normalized spacial score (nSPS) is 14.3. The first kappa shape index (κ1) is 19.0. The van der Waals surface area contributed by atoms with Crippen molar-refractivity contribution >= 4 is 11.7 Å². The molecule has 1 amide bonds. The average molecular weight is 392 g/mol. The molecule has 0 unspecified atom stereocenters. The number of aryl methyl sites for hydroxylation is 3. The van der Waals surface area contributed by atoms with Gasteiger partial charge in [0.2, 0.25) is 0 Å². The van der Waals surface area contributed by atoms with Crippen molar-refractivity contribution in [3.8, 4) is 5.82 Å². The second-order valence-electron chi connectivity index (χ2n) is 7.24. The standard InChI is InChI=1S/C20H24N8O/c1-13-10-22-17(11-21-13)20(29)27-7-5-26(6-8-27)18-9-19(25-16(4)24-18)28-12-23-14(2)15(28)3/h9-12H,5-8H2,1-4H3. The Hall–Kier alpha value is -3.36. The van der Waals surface area contributed by atoms with E-state index in [1.807, 2.05) is 43.2 Å².